The van der Waals surface area contributed by atoms with Crippen LogP contribution in [0.5, 0.6) is 0 Å². The SMILES string of the molecule is CCCn1nccc1C(=O)C1COC(C)C1. The van der Waals surface area contributed by atoms with Crippen molar-refractivity contribution >= 4 is 5.78 Å². The molecular weight excluding hydrogens is 204 g/mol. The fraction of sp³-hybridized carbons (Fsp3) is 0.667. The Morgan fingerprint density at radius 1 is 1.69 bits per heavy atom. The first-order valence-electron chi connectivity index (χ1n) is 5.90. The van der Waals surface area contributed by atoms with Gasteiger partial charge in [0.25, 0.3) is 0 Å². The fourth-order valence-corrected chi connectivity index (χ4v) is 2.14. The van der Waals surface area contributed by atoms with Crippen LogP contribution in [-0.2, 0) is 11.3 Å². The summed E-state index contributed by atoms with van der Waals surface area (Å²) in [6.45, 7) is 5.45. The smallest absolute Gasteiger partial charge is 0.186 e. The Balaban J connectivity index is 2.11. The predicted octanol–water partition coefficient (Wildman–Crippen LogP) is 1.90. The number of ether oxygens (including phenoxy) is 1. The van der Waals surface area contributed by atoms with Gasteiger partial charge in [-0.25, -0.2) is 0 Å². The number of nitrogens with zero attached hydrogens (tertiary/aromatic N) is 2. The second-order valence-corrected chi connectivity index (χ2v) is 4.38. The van der Waals surface area contributed by atoms with Crippen molar-refractivity contribution in [1.82, 2.24) is 9.78 Å². The van der Waals surface area contributed by atoms with Gasteiger partial charge in [0.15, 0.2) is 5.78 Å². The zero-order chi connectivity index (χ0) is 11.5. The average Bonchev–Trinajstić information content (AvgIpc) is 2.87. The number of aryl methyl sites for hydroxylation is 1. The van der Waals surface area contributed by atoms with E-state index in [0.717, 1.165) is 25.1 Å². The van der Waals surface area contributed by atoms with Crippen molar-refractivity contribution in [2.45, 2.75) is 39.3 Å². The number of hydrogen-bond donors (Lipinski definition) is 0. The van der Waals surface area contributed by atoms with E-state index in [4.69, 9.17) is 4.74 Å². The van der Waals surface area contributed by atoms with E-state index < -0.39 is 0 Å². The molecule has 0 saturated carbocycles. The van der Waals surface area contributed by atoms with Crippen LogP contribution in [-0.4, -0.2) is 28.3 Å². The van der Waals surface area contributed by atoms with E-state index in [1.165, 1.54) is 0 Å². The first-order valence-corrected chi connectivity index (χ1v) is 5.90. The lowest BCUT2D eigenvalue weighted by Gasteiger charge is -2.08. The van der Waals surface area contributed by atoms with Crippen LogP contribution in [0.15, 0.2) is 12.3 Å². The first-order chi connectivity index (χ1) is 7.72. The van der Waals surface area contributed by atoms with E-state index in [9.17, 15) is 4.79 Å². The molecule has 2 atom stereocenters. The maximum atomic E-state index is 12.2. The van der Waals surface area contributed by atoms with Gasteiger partial charge in [0.1, 0.15) is 5.69 Å². The molecule has 4 nitrogen and oxygen atoms in total. The van der Waals surface area contributed by atoms with Crippen LogP contribution in [0, 0.1) is 5.92 Å². The number of aromatic nitrogens is 2. The zero-order valence-corrected chi connectivity index (χ0v) is 9.85. The van der Waals surface area contributed by atoms with Crippen LogP contribution < -0.4 is 0 Å². The second kappa shape index (κ2) is 4.78. The van der Waals surface area contributed by atoms with Crippen molar-refractivity contribution in [3.8, 4) is 0 Å². The molecule has 1 saturated heterocycles. The van der Waals surface area contributed by atoms with E-state index in [2.05, 4.69) is 12.0 Å². The lowest BCUT2D eigenvalue weighted by Crippen LogP contribution is -2.19. The average molecular weight is 222 g/mol. The van der Waals surface area contributed by atoms with Gasteiger partial charge in [-0.1, -0.05) is 6.92 Å². The number of Topliss-reactive ketones (excluding diaryl/α,β-unsaturated/α-hetero) is 1. The van der Waals surface area contributed by atoms with E-state index in [1.807, 2.05) is 6.92 Å². The summed E-state index contributed by atoms with van der Waals surface area (Å²) in [5.41, 5.74) is 0.726. The van der Waals surface area contributed by atoms with E-state index in [-0.39, 0.29) is 17.8 Å². The van der Waals surface area contributed by atoms with E-state index >= 15 is 0 Å². The third kappa shape index (κ3) is 2.16. The summed E-state index contributed by atoms with van der Waals surface area (Å²) in [5.74, 6) is 0.192. The summed E-state index contributed by atoms with van der Waals surface area (Å²) >= 11 is 0. The van der Waals surface area contributed by atoms with Crippen LogP contribution in [0.4, 0.5) is 0 Å². The Bertz CT molecular complexity index is 373. The van der Waals surface area contributed by atoms with E-state index in [1.54, 1.807) is 16.9 Å². The number of hydrogen-bond acceptors (Lipinski definition) is 3. The molecule has 2 rings (SSSR count). The van der Waals surface area contributed by atoms with Gasteiger partial charge in [0, 0.05) is 18.7 Å². The van der Waals surface area contributed by atoms with Gasteiger partial charge in [-0.05, 0) is 25.8 Å². The van der Waals surface area contributed by atoms with Gasteiger partial charge in [0.05, 0.1) is 12.7 Å². The van der Waals surface area contributed by atoms with Gasteiger partial charge < -0.3 is 4.74 Å². The third-order valence-electron chi connectivity index (χ3n) is 2.97. The highest BCUT2D eigenvalue weighted by atomic mass is 16.5. The standard InChI is InChI=1S/C12H18N2O2/c1-3-6-14-11(4-5-13-14)12(15)10-7-9(2)16-8-10/h4-5,9-10H,3,6-8H2,1-2H3. The molecule has 1 aromatic heterocycles. The minimum Gasteiger partial charge on any atom is -0.378 e. The summed E-state index contributed by atoms with van der Waals surface area (Å²) in [6.07, 6.45) is 3.72. The minimum atomic E-state index is 0.0160. The largest absolute Gasteiger partial charge is 0.378 e. The predicted molar refractivity (Wildman–Crippen MR) is 60.4 cm³/mol. The normalized spacial score (nSPS) is 24.9. The topological polar surface area (TPSA) is 44.1 Å². The molecule has 0 bridgehead atoms. The number of carbonyl (C=O) groups is 1. The van der Waals surface area contributed by atoms with Crippen LogP contribution in [0.3, 0.4) is 0 Å². The van der Waals surface area contributed by atoms with Crippen LogP contribution >= 0.6 is 0 Å². The highest BCUT2D eigenvalue weighted by Crippen LogP contribution is 2.23. The van der Waals surface area contributed by atoms with E-state index in [0.29, 0.717) is 6.61 Å². The van der Waals surface area contributed by atoms with Gasteiger partial charge >= 0.3 is 0 Å². The molecule has 0 radical (unpaired) electrons. The van der Waals surface area contributed by atoms with Crippen molar-refractivity contribution in [3.63, 3.8) is 0 Å². The molecule has 88 valence electrons. The summed E-state index contributed by atoms with van der Waals surface area (Å²) in [5, 5.41) is 4.17. The van der Waals surface area contributed by atoms with Gasteiger partial charge in [-0.3, -0.25) is 9.48 Å². The molecule has 0 amide bonds. The summed E-state index contributed by atoms with van der Waals surface area (Å²) < 4.78 is 7.23. The first kappa shape index (κ1) is 11.3. The second-order valence-electron chi connectivity index (χ2n) is 4.38. The maximum Gasteiger partial charge on any atom is 0.186 e. The van der Waals surface area contributed by atoms with Crippen molar-refractivity contribution < 1.29 is 9.53 Å². The highest BCUT2D eigenvalue weighted by molar-refractivity contribution is 5.96. The molecule has 1 fully saturated rings. The van der Waals surface area contributed by atoms with Crippen molar-refractivity contribution in [1.29, 1.82) is 0 Å². The Morgan fingerprint density at radius 2 is 2.50 bits per heavy atom. The molecule has 4 heteroatoms. The summed E-state index contributed by atoms with van der Waals surface area (Å²) in [7, 11) is 0. The number of carbonyl (C=O) groups excluding carboxylic acids is 1. The fourth-order valence-electron chi connectivity index (χ4n) is 2.14. The van der Waals surface area contributed by atoms with Crippen molar-refractivity contribution in [2.75, 3.05) is 6.61 Å². The minimum absolute atomic E-state index is 0.0160. The van der Waals surface area contributed by atoms with Crippen LogP contribution in [0.25, 0.3) is 0 Å². The van der Waals surface area contributed by atoms with Gasteiger partial charge in [-0.15, -0.1) is 0 Å². The molecule has 1 aliphatic rings. The maximum absolute atomic E-state index is 12.2. The number of rotatable bonds is 4. The van der Waals surface area contributed by atoms with Gasteiger partial charge in [0.2, 0.25) is 0 Å². The molecule has 1 aromatic rings. The van der Waals surface area contributed by atoms with Crippen molar-refractivity contribution in [2.24, 2.45) is 5.92 Å². The monoisotopic (exact) mass is 222 g/mol. The highest BCUT2D eigenvalue weighted by Gasteiger charge is 2.30. The summed E-state index contributed by atoms with van der Waals surface area (Å²) in [6, 6.07) is 1.81. The van der Waals surface area contributed by atoms with Crippen molar-refractivity contribution in [3.05, 3.63) is 18.0 Å². The Kier molecular flexibility index (Phi) is 3.39. The zero-order valence-electron chi connectivity index (χ0n) is 9.85. The molecule has 2 unspecified atom stereocenters. The van der Waals surface area contributed by atoms with Crippen LogP contribution in [0.2, 0.25) is 0 Å². The number of ketones is 1. The Morgan fingerprint density at radius 3 is 3.12 bits per heavy atom. The Labute approximate surface area is 95.6 Å². The lowest BCUT2D eigenvalue weighted by molar-refractivity contribution is 0.0867. The van der Waals surface area contributed by atoms with Crippen LogP contribution in [0.1, 0.15) is 37.2 Å². The molecule has 0 aromatic carbocycles. The summed E-state index contributed by atoms with van der Waals surface area (Å²) in [4.78, 5) is 12.2. The molecule has 0 N–H and O–H groups in total. The molecule has 2 heterocycles. The molecule has 1 aliphatic heterocycles. The molecule has 0 spiro atoms. The lowest BCUT2D eigenvalue weighted by atomic mass is 9.99. The van der Waals surface area contributed by atoms with Gasteiger partial charge in [-0.2, -0.15) is 5.10 Å². The molecular formula is C12H18N2O2. The molecule has 16 heavy (non-hydrogen) atoms. The third-order valence-corrected chi connectivity index (χ3v) is 2.97. The molecule has 0 aliphatic carbocycles. The Hall–Kier alpha value is -1.16. The quantitative estimate of drug-likeness (QED) is 0.731.